The highest BCUT2D eigenvalue weighted by molar-refractivity contribution is 5.93. The Bertz CT molecular complexity index is 1290. The number of rotatable bonds is 20. The molecule has 0 aliphatic rings. The van der Waals surface area contributed by atoms with Crippen LogP contribution in [0.4, 0.5) is 0 Å². The van der Waals surface area contributed by atoms with Gasteiger partial charge in [0.25, 0.3) is 0 Å². The summed E-state index contributed by atoms with van der Waals surface area (Å²) < 4.78 is 12.8. The minimum absolute atomic E-state index is 0.558. The fourth-order valence-corrected chi connectivity index (χ4v) is 5.10. The molecule has 230 valence electrons. The Balaban J connectivity index is 1.99. The Morgan fingerprint density at radius 1 is 0.545 bits per heavy atom. The van der Waals surface area contributed by atoms with Crippen LogP contribution in [0, 0.1) is 22.7 Å². The van der Waals surface area contributed by atoms with Gasteiger partial charge in [-0.25, -0.2) is 0 Å². The quantitative estimate of drug-likeness (QED) is 0.0748. The van der Waals surface area contributed by atoms with Crippen LogP contribution in [-0.4, -0.2) is 13.2 Å². The van der Waals surface area contributed by atoms with Crippen LogP contribution < -0.4 is 9.47 Å². The summed E-state index contributed by atoms with van der Waals surface area (Å²) in [7, 11) is 0. The first kappa shape index (κ1) is 34.2. The molecule has 0 unspecified atom stereocenters. The molecule has 0 heterocycles. The Morgan fingerprint density at radius 3 is 1.27 bits per heavy atom. The minimum atomic E-state index is 0.558. The molecular formula is C40H48N2O2. The van der Waals surface area contributed by atoms with Gasteiger partial charge in [0.2, 0.25) is 0 Å². The van der Waals surface area contributed by atoms with Crippen LogP contribution in [0.2, 0.25) is 0 Å². The summed E-state index contributed by atoms with van der Waals surface area (Å²) in [5.41, 5.74) is 4.41. The van der Waals surface area contributed by atoms with E-state index >= 15 is 0 Å². The SMILES string of the molecule is CCCCCCCCOc1cc(/C=C(\C#N)c2ccccc2)c(OCCCCCCCC)cc1/C=C(\C#N)c1ccccc1. The van der Waals surface area contributed by atoms with E-state index in [9.17, 15) is 10.5 Å². The maximum atomic E-state index is 10.1. The van der Waals surface area contributed by atoms with Crippen molar-refractivity contribution in [2.24, 2.45) is 0 Å². The van der Waals surface area contributed by atoms with Crippen molar-refractivity contribution < 1.29 is 9.47 Å². The van der Waals surface area contributed by atoms with Gasteiger partial charge in [0.15, 0.2) is 0 Å². The number of hydrogen-bond donors (Lipinski definition) is 0. The number of ether oxygens (including phenoxy) is 2. The van der Waals surface area contributed by atoms with E-state index in [0.29, 0.717) is 35.9 Å². The van der Waals surface area contributed by atoms with Gasteiger partial charge in [-0.3, -0.25) is 0 Å². The number of unbranched alkanes of at least 4 members (excludes halogenated alkanes) is 10. The average Bonchev–Trinajstić information content (AvgIpc) is 3.07. The largest absolute Gasteiger partial charge is 0.493 e. The average molecular weight is 589 g/mol. The van der Waals surface area contributed by atoms with E-state index < -0.39 is 0 Å². The molecular weight excluding hydrogens is 540 g/mol. The monoisotopic (exact) mass is 588 g/mol. The molecule has 0 spiro atoms. The molecule has 0 saturated heterocycles. The maximum absolute atomic E-state index is 10.1. The number of hydrogen-bond acceptors (Lipinski definition) is 4. The fourth-order valence-electron chi connectivity index (χ4n) is 5.10. The predicted molar refractivity (Wildman–Crippen MR) is 184 cm³/mol. The number of benzene rings is 3. The summed E-state index contributed by atoms with van der Waals surface area (Å²) in [5.74, 6) is 1.37. The predicted octanol–water partition coefficient (Wildman–Crippen LogP) is 11.3. The lowest BCUT2D eigenvalue weighted by atomic mass is 9.99. The molecule has 0 atom stereocenters. The topological polar surface area (TPSA) is 66.0 Å². The zero-order chi connectivity index (χ0) is 31.2. The first-order chi connectivity index (χ1) is 21.7. The molecule has 0 radical (unpaired) electrons. The van der Waals surface area contributed by atoms with Gasteiger partial charge in [-0.15, -0.1) is 0 Å². The van der Waals surface area contributed by atoms with Gasteiger partial charge in [-0.1, -0.05) is 139 Å². The van der Waals surface area contributed by atoms with E-state index in [1.807, 2.05) is 84.9 Å². The molecule has 0 aromatic heterocycles. The third kappa shape index (κ3) is 11.8. The fraction of sp³-hybridized carbons (Fsp3) is 0.400. The van der Waals surface area contributed by atoms with Crippen LogP contribution in [0.5, 0.6) is 11.5 Å². The van der Waals surface area contributed by atoms with Crippen molar-refractivity contribution in [3.05, 3.63) is 95.1 Å². The van der Waals surface area contributed by atoms with Crippen molar-refractivity contribution in [3.8, 4) is 23.6 Å². The first-order valence-corrected chi connectivity index (χ1v) is 16.5. The van der Waals surface area contributed by atoms with Crippen molar-refractivity contribution in [2.75, 3.05) is 13.2 Å². The molecule has 0 N–H and O–H groups in total. The van der Waals surface area contributed by atoms with Crippen molar-refractivity contribution in [1.29, 1.82) is 10.5 Å². The lowest BCUT2D eigenvalue weighted by molar-refractivity contribution is 0.295. The lowest BCUT2D eigenvalue weighted by Crippen LogP contribution is -2.03. The van der Waals surface area contributed by atoms with Crippen LogP contribution in [0.1, 0.15) is 113 Å². The molecule has 4 heteroatoms. The van der Waals surface area contributed by atoms with E-state index in [-0.39, 0.29) is 0 Å². The zero-order valence-electron chi connectivity index (χ0n) is 26.7. The summed E-state index contributed by atoms with van der Waals surface area (Å²) in [6.45, 7) is 5.63. The van der Waals surface area contributed by atoms with Crippen molar-refractivity contribution >= 4 is 23.3 Å². The van der Waals surface area contributed by atoms with E-state index in [1.54, 1.807) is 0 Å². The molecule has 0 amide bonds. The van der Waals surface area contributed by atoms with Crippen LogP contribution in [0.25, 0.3) is 23.3 Å². The Labute approximate surface area is 265 Å². The molecule has 0 bridgehead atoms. The van der Waals surface area contributed by atoms with Gasteiger partial charge in [-0.2, -0.15) is 10.5 Å². The van der Waals surface area contributed by atoms with Crippen molar-refractivity contribution in [1.82, 2.24) is 0 Å². The van der Waals surface area contributed by atoms with Crippen LogP contribution >= 0.6 is 0 Å². The third-order valence-electron chi connectivity index (χ3n) is 7.66. The summed E-state index contributed by atoms with van der Waals surface area (Å²) in [6.07, 6.45) is 17.9. The van der Waals surface area contributed by atoms with Gasteiger partial charge < -0.3 is 9.47 Å². The highest BCUT2D eigenvalue weighted by Gasteiger charge is 2.14. The van der Waals surface area contributed by atoms with E-state index in [0.717, 1.165) is 47.9 Å². The molecule has 0 aliphatic carbocycles. The molecule has 3 aromatic rings. The smallest absolute Gasteiger partial charge is 0.127 e. The molecule has 4 nitrogen and oxygen atoms in total. The normalized spacial score (nSPS) is 11.5. The van der Waals surface area contributed by atoms with Gasteiger partial charge in [0, 0.05) is 11.1 Å². The summed E-state index contributed by atoms with van der Waals surface area (Å²) >= 11 is 0. The summed E-state index contributed by atoms with van der Waals surface area (Å²) in [5, 5.41) is 20.2. The summed E-state index contributed by atoms with van der Waals surface area (Å²) in [6, 6.07) is 28.1. The molecule has 3 rings (SSSR count). The summed E-state index contributed by atoms with van der Waals surface area (Å²) in [4.78, 5) is 0. The van der Waals surface area contributed by atoms with Crippen LogP contribution in [0.3, 0.4) is 0 Å². The molecule has 0 saturated carbocycles. The van der Waals surface area contributed by atoms with Gasteiger partial charge in [0.1, 0.15) is 11.5 Å². The lowest BCUT2D eigenvalue weighted by Gasteiger charge is -2.16. The number of allylic oxidation sites excluding steroid dienone is 2. The highest BCUT2D eigenvalue weighted by Crippen LogP contribution is 2.35. The van der Waals surface area contributed by atoms with Crippen LogP contribution in [0.15, 0.2) is 72.8 Å². The third-order valence-corrected chi connectivity index (χ3v) is 7.66. The van der Waals surface area contributed by atoms with Crippen molar-refractivity contribution in [3.63, 3.8) is 0 Å². The highest BCUT2D eigenvalue weighted by atomic mass is 16.5. The number of nitriles is 2. The van der Waals surface area contributed by atoms with Crippen LogP contribution in [-0.2, 0) is 0 Å². The second-order valence-electron chi connectivity index (χ2n) is 11.2. The maximum Gasteiger partial charge on any atom is 0.127 e. The second-order valence-corrected chi connectivity index (χ2v) is 11.2. The molecule has 44 heavy (non-hydrogen) atoms. The molecule has 3 aromatic carbocycles. The minimum Gasteiger partial charge on any atom is -0.493 e. The Kier molecular flexibility index (Phi) is 16.0. The Morgan fingerprint density at radius 2 is 0.909 bits per heavy atom. The standard InChI is InChI=1S/C40H48N2O2/c1-3-5-7-9-11-19-25-43-39-29-36(28-38(32-42)34-23-17-14-18-24-34)40(44-26-20-12-10-8-6-4-2)30-35(39)27-37(31-41)33-21-15-13-16-22-33/h13-18,21-24,27-30H,3-12,19-20,25-26H2,1-2H3/b37-27+,38-28+. The number of nitrogens with zero attached hydrogens (tertiary/aromatic N) is 2. The second kappa shape index (κ2) is 20.6. The molecule has 0 fully saturated rings. The van der Waals surface area contributed by atoms with Gasteiger partial charge in [-0.05, 0) is 48.3 Å². The van der Waals surface area contributed by atoms with E-state index in [2.05, 4.69) is 26.0 Å². The Hall–Kier alpha value is -4.28. The van der Waals surface area contributed by atoms with E-state index in [4.69, 9.17) is 9.47 Å². The van der Waals surface area contributed by atoms with E-state index in [1.165, 1.54) is 51.4 Å². The van der Waals surface area contributed by atoms with Gasteiger partial charge >= 0.3 is 0 Å². The van der Waals surface area contributed by atoms with Gasteiger partial charge in [0.05, 0.1) is 36.5 Å². The molecule has 0 aliphatic heterocycles. The zero-order valence-corrected chi connectivity index (χ0v) is 26.7. The van der Waals surface area contributed by atoms with Crippen molar-refractivity contribution in [2.45, 2.75) is 90.9 Å². The first-order valence-electron chi connectivity index (χ1n) is 16.5.